The van der Waals surface area contributed by atoms with Crippen LogP contribution < -0.4 is 24.8 Å². The molecule has 2 rings (SSSR count). The zero-order chi connectivity index (χ0) is 15.0. The molecule has 0 aromatic carbocycles. The molecule has 0 bridgehead atoms. The summed E-state index contributed by atoms with van der Waals surface area (Å²) in [6.07, 6.45) is 11.0. The molecule has 0 aliphatic heterocycles. The van der Waals surface area contributed by atoms with Gasteiger partial charge in [0, 0.05) is 9.52 Å². The summed E-state index contributed by atoms with van der Waals surface area (Å²) in [6, 6.07) is 0. The number of hydrogen-bond acceptors (Lipinski definition) is 0. The molecule has 0 nitrogen and oxygen atoms in total. The van der Waals surface area contributed by atoms with Crippen LogP contribution >= 0.6 is 0 Å². The van der Waals surface area contributed by atoms with Crippen molar-refractivity contribution in [2.45, 2.75) is 54.6 Å². The quantitative estimate of drug-likeness (QED) is 0.345. The summed E-state index contributed by atoms with van der Waals surface area (Å²) >= 11 is 0. The van der Waals surface area contributed by atoms with Crippen molar-refractivity contribution in [1.82, 2.24) is 0 Å². The Morgan fingerprint density at radius 1 is 0.773 bits per heavy atom. The van der Waals surface area contributed by atoms with E-state index in [1.165, 1.54) is 22.3 Å². The second kappa shape index (κ2) is 16.5. The molecule has 0 heterocycles. The molecule has 1 radical (unpaired) electrons. The topological polar surface area (TPSA) is 0 Å². The minimum Gasteiger partial charge on any atom is -1.00 e. The maximum Gasteiger partial charge on any atom is 4.00 e. The maximum atomic E-state index is 3.29. The van der Waals surface area contributed by atoms with Crippen molar-refractivity contribution >= 4 is 9.52 Å². The average molecular weight is 436 g/mol. The zero-order valence-corrected chi connectivity index (χ0v) is 20.3. The molecule has 22 heavy (non-hydrogen) atoms. The van der Waals surface area contributed by atoms with E-state index in [4.69, 9.17) is 0 Å². The molecule has 0 aromatic heterocycles. The van der Waals surface area contributed by atoms with Gasteiger partial charge in [0.1, 0.15) is 0 Å². The van der Waals surface area contributed by atoms with E-state index in [1.54, 1.807) is 0 Å². The minimum absolute atomic E-state index is 0. The molecule has 2 aliphatic rings. The van der Waals surface area contributed by atoms with Crippen molar-refractivity contribution in [3.05, 3.63) is 46.6 Å². The molecule has 0 fully saturated rings. The van der Waals surface area contributed by atoms with E-state index in [1.807, 2.05) is 0 Å². The number of halogens is 2. The second-order valence-electron chi connectivity index (χ2n) is 5.39. The van der Waals surface area contributed by atoms with Crippen LogP contribution in [0.3, 0.4) is 0 Å². The predicted molar refractivity (Wildman–Crippen MR) is 89.6 cm³/mol. The van der Waals surface area contributed by atoms with Crippen LogP contribution in [0.2, 0.25) is 13.1 Å². The van der Waals surface area contributed by atoms with Crippen molar-refractivity contribution < 1.29 is 51.0 Å². The number of rotatable bonds is 0. The smallest absolute Gasteiger partial charge is 1.00 e. The molecule has 0 N–H and O–H groups in total. The Labute approximate surface area is 172 Å². The van der Waals surface area contributed by atoms with Gasteiger partial charge in [-0.1, -0.05) is 52.6 Å². The first-order valence-electron chi connectivity index (χ1n) is 7.13. The van der Waals surface area contributed by atoms with Crippen LogP contribution in [-0.4, -0.2) is 9.52 Å². The molecule has 0 amide bonds. The van der Waals surface area contributed by atoms with Gasteiger partial charge in [-0.25, -0.2) is 22.3 Å². The van der Waals surface area contributed by atoms with Gasteiger partial charge >= 0.3 is 26.2 Å². The van der Waals surface area contributed by atoms with Crippen molar-refractivity contribution in [2.24, 2.45) is 11.8 Å². The van der Waals surface area contributed by atoms with Gasteiger partial charge in [0.25, 0.3) is 0 Å². The SMILES string of the molecule is CC1=[C-]C(C)C=C1C.CC1=[C-]C(C)C=C1C.C[SiH]C.[Cl-].[Cl-].[Zr+4]. The molecule has 2 unspecified atom stereocenters. The number of hydrogen-bond donors (Lipinski definition) is 0. The van der Waals surface area contributed by atoms with Gasteiger partial charge in [-0.05, 0) is 0 Å². The van der Waals surface area contributed by atoms with E-state index in [0.29, 0.717) is 11.8 Å². The molecule has 123 valence electrons. The van der Waals surface area contributed by atoms with Crippen molar-refractivity contribution in [1.29, 1.82) is 0 Å². The fourth-order valence-electron chi connectivity index (χ4n) is 1.99. The molecule has 0 spiro atoms. The third-order valence-electron chi connectivity index (χ3n) is 3.07. The van der Waals surface area contributed by atoms with Crippen LogP contribution in [0.1, 0.15) is 41.5 Å². The molecule has 2 aliphatic carbocycles. The van der Waals surface area contributed by atoms with Gasteiger partial charge in [-0.3, -0.25) is 12.2 Å². The molecule has 4 heteroatoms. The number of allylic oxidation sites excluding steroid dienone is 8. The Morgan fingerprint density at radius 3 is 1.05 bits per heavy atom. The van der Waals surface area contributed by atoms with Gasteiger partial charge in [0.05, 0.1) is 0 Å². The third kappa shape index (κ3) is 13.1. The summed E-state index contributed by atoms with van der Waals surface area (Å²) in [7, 11) is 0.750. The molecule has 0 aromatic rings. The van der Waals surface area contributed by atoms with E-state index < -0.39 is 0 Å². The van der Waals surface area contributed by atoms with Gasteiger partial charge < -0.3 is 24.8 Å². The van der Waals surface area contributed by atoms with Crippen LogP contribution in [0.25, 0.3) is 0 Å². The molecule has 0 saturated heterocycles. The van der Waals surface area contributed by atoms with Crippen LogP contribution in [0.4, 0.5) is 0 Å². The molecule has 0 saturated carbocycles. The first kappa shape index (κ1) is 30.5. The molecule has 2 atom stereocenters. The van der Waals surface area contributed by atoms with Crippen molar-refractivity contribution in [2.75, 3.05) is 0 Å². The van der Waals surface area contributed by atoms with Gasteiger partial charge in [0.2, 0.25) is 0 Å². The maximum absolute atomic E-state index is 3.29. The van der Waals surface area contributed by atoms with Gasteiger partial charge in [-0.2, -0.15) is 12.2 Å². The molecular weight excluding hydrogens is 406 g/mol. The molecular formula is C18H29Cl2SiZr. The Bertz CT molecular complexity index is 335. The first-order chi connectivity index (χ1) is 8.81. The summed E-state index contributed by atoms with van der Waals surface area (Å²) in [5, 5.41) is 0. The van der Waals surface area contributed by atoms with Gasteiger partial charge in [-0.15, -0.1) is 13.8 Å². The Kier molecular flexibility index (Phi) is 22.9. The van der Waals surface area contributed by atoms with Crippen molar-refractivity contribution in [3.63, 3.8) is 0 Å². The van der Waals surface area contributed by atoms with E-state index in [-0.39, 0.29) is 51.0 Å². The largest absolute Gasteiger partial charge is 4.00 e. The van der Waals surface area contributed by atoms with Crippen LogP contribution in [0.15, 0.2) is 34.4 Å². The Morgan fingerprint density at radius 2 is 1.00 bits per heavy atom. The summed E-state index contributed by atoms with van der Waals surface area (Å²) in [6.45, 7) is 17.2. The Balaban J connectivity index is -0.000000112. The summed E-state index contributed by atoms with van der Waals surface area (Å²) in [5.41, 5.74) is 5.41. The van der Waals surface area contributed by atoms with E-state index >= 15 is 0 Å². The average Bonchev–Trinajstić information content (AvgIpc) is 2.72. The van der Waals surface area contributed by atoms with Crippen LogP contribution in [-0.2, 0) is 26.2 Å². The van der Waals surface area contributed by atoms with Crippen LogP contribution in [0.5, 0.6) is 0 Å². The van der Waals surface area contributed by atoms with E-state index in [2.05, 4.69) is 78.9 Å². The standard InChI is InChI=1S/2C8H11.C2H7Si.2ClH.Zr/c2*1-6-4-7(2)8(3)5-6;1-3-2;;;/h2*4,6H,1-3H3;3H,1-2H3;2*1H;/q2*-1;;;;+4/p-2. The fraction of sp³-hybridized carbons (Fsp3) is 0.556. The fourth-order valence-corrected chi connectivity index (χ4v) is 1.99. The summed E-state index contributed by atoms with van der Waals surface area (Å²) in [5.74, 6) is 1.10. The van der Waals surface area contributed by atoms with E-state index in [9.17, 15) is 0 Å². The normalized spacial score (nSPS) is 20.9. The predicted octanol–water partition coefficient (Wildman–Crippen LogP) is -0.812. The first-order valence-corrected chi connectivity index (χ1v) is 9.44. The van der Waals surface area contributed by atoms with Crippen LogP contribution in [0, 0.1) is 24.0 Å². The van der Waals surface area contributed by atoms with Gasteiger partial charge in [0.15, 0.2) is 0 Å². The zero-order valence-electron chi connectivity index (χ0n) is 15.1. The summed E-state index contributed by atoms with van der Waals surface area (Å²) < 4.78 is 0. The summed E-state index contributed by atoms with van der Waals surface area (Å²) in [4.78, 5) is 0. The van der Waals surface area contributed by atoms with Crippen molar-refractivity contribution in [3.8, 4) is 0 Å². The Hall–Kier alpha value is 0.640. The van der Waals surface area contributed by atoms with E-state index in [0.717, 1.165) is 9.52 Å². The minimum atomic E-state index is 0. The second-order valence-corrected chi connectivity index (χ2v) is 6.55. The third-order valence-corrected chi connectivity index (χ3v) is 3.07. The monoisotopic (exact) mass is 433 g/mol.